The van der Waals surface area contributed by atoms with Crippen LogP contribution in [0.25, 0.3) is 0 Å². The van der Waals surface area contributed by atoms with Crippen molar-refractivity contribution in [3.8, 4) is 0 Å². The van der Waals surface area contributed by atoms with Crippen LogP contribution in [-0.2, 0) is 19.7 Å². The van der Waals surface area contributed by atoms with Crippen LogP contribution in [0.4, 0.5) is 0 Å². The number of thiophene rings is 1. The Balaban J connectivity index is 1.90. The van der Waals surface area contributed by atoms with Crippen molar-refractivity contribution in [2.45, 2.75) is 33.5 Å². The van der Waals surface area contributed by atoms with Crippen LogP contribution < -0.4 is 5.32 Å². The fourth-order valence-corrected chi connectivity index (χ4v) is 2.98. The van der Waals surface area contributed by atoms with Gasteiger partial charge in [0.1, 0.15) is 0 Å². The van der Waals surface area contributed by atoms with E-state index >= 15 is 0 Å². The van der Waals surface area contributed by atoms with Crippen LogP contribution in [0.5, 0.6) is 0 Å². The van der Waals surface area contributed by atoms with E-state index < -0.39 is 0 Å². The van der Waals surface area contributed by atoms with Crippen LogP contribution in [0.2, 0.25) is 0 Å². The highest BCUT2D eigenvalue weighted by Gasteiger charge is 2.02. The maximum Gasteiger partial charge on any atom is 0.0681 e. The molecule has 1 aromatic heterocycles. The summed E-state index contributed by atoms with van der Waals surface area (Å²) >= 11 is 1.85. The van der Waals surface area contributed by atoms with E-state index in [2.05, 4.69) is 31.3 Å². The minimum Gasteiger partial charge on any atom is -0.392 e. The van der Waals surface area contributed by atoms with Crippen molar-refractivity contribution >= 4 is 11.3 Å². The van der Waals surface area contributed by atoms with Gasteiger partial charge in [0.25, 0.3) is 0 Å². The summed E-state index contributed by atoms with van der Waals surface area (Å²) in [5.74, 6) is 0. The van der Waals surface area contributed by atoms with Gasteiger partial charge in [-0.05, 0) is 36.6 Å². The van der Waals surface area contributed by atoms with Gasteiger partial charge in [-0.15, -0.1) is 11.3 Å². The Morgan fingerprint density at radius 1 is 1.11 bits per heavy atom. The first-order valence-corrected chi connectivity index (χ1v) is 6.96. The molecule has 0 bridgehead atoms. The highest BCUT2D eigenvalue weighted by molar-refractivity contribution is 7.12. The molecule has 18 heavy (non-hydrogen) atoms. The Labute approximate surface area is 112 Å². The molecule has 1 heterocycles. The summed E-state index contributed by atoms with van der Waals surface area (Å²) in [6.07, 6.45) is 0. The van der Waals surface area contributed by atoms with Crippen molar-refractivity contribution in [3.63, 3.8) is 0 Å². The summed E-state index contributed by atoms with van der Waals surface area (Å²) in [4.78, 5) is 2.76. The molecular weight excluding hydrogens is 242 g/mol. The Morgan fingerprint density at radius 2 is 1.89 bits per heavy atom. The number of benzene rings is 1. The topological polar surface area (TPSA) is 32.3 Å². The Kier molecular flexibility index (Phi) is 4.53. The third kappa shape index (κ3) is 3.42. The number of hydrogen-bond donors (Lipinski definition) is 2. The predicted molar refractivity (Wildman–Crippen MR) is 76.7 cm³/mol. The molecule has 0 fully saturated rings. The zero-order valence-corrected chi connectivity index (χ0v) is 11.7. The second-order valence-corrected chi connectivity index (χ2v) is 5.98. The SMILES string of the molecule is Cc1cc(CNCc2cccc(CO)c2)c(C)s1. The highest BCUT2D eigenvalue weighted by Crippen LogP contribution is 2.20. The molecule has 3 heteroatoms. The highest BCUT2D eigenvalue weighted by atomic mass is 32.1. The number of aliphatic hydroxyl groups is 1. The van der Waals surface area contributed by atoms with Crippen LogP contribution in [0.15, 0.2) is 30.3 Å². The second kappa shape index (κ2) is 6.14. The lowest BCUT2D eigenvalue weighted by Gasteiger charge is -2.06. The molecule has 2 rings (SSSR count). The number of rotatable bonds is 5. The lowest BCUT2D eigenvalue weighted by Crippen LogP contribution is -2.12. The minimum atomic E-state index is 0.108. The molecule has 0 aliphatic carbocycles. The van der Waals surface area contributed by atoms with Gasteiger partial charge in [0.2, 0.25) is 0 Å². The molecule has 0 saturated carbocycles. The van der Waals surface area contributed by atoms with Crippen molar-refractivity contribution in [1.29, 1.82) is 0 Å². The molecule has 0 amide bonds. The monoisotopic (exact) mass is 261 g/mol. The third-order valence-corrected chi connectivity index (χ3v) is 3.97. The van der Waals surface area contributed by atoms with E-state index in [1.807, 2.05) is 29.5 Å². The number of aryl methyl sites for hydroxylation is 2. The first-order valence-electron chi connectivity index (χ1n) is 6.14. The first kappa shape index (κ1) is 13.3. The molecule has 0 atom stereocenters. The summed E-state index contributed by atoms with van der Waals surface area (Å²) < 4.78 is 0. The van der Waals surface area contributed by atoms with Gasteiger partial charge in [0.05, 0.1) is 6.61 Å². The standard InChI is InChI=1S/C15H19NOS/c1-11-6-15(12(2)18-11)9-16-8-13-4-3-5-14(7-13)10-17/h3-7,16-17H,8-10H2,1-2H3. The molecule has 2 aromatic rings. The molecule has 0 unspecified atom stereocenters. The largest absolute Gasteiger partial charge is 0.392 e. The average molecular weight is 261 g/mol. The van der Waals surface area contributed by atoms with E-state index in [0.717, 1.165) is 18.7 Å². The summed E-state index contributed by atoms with van der Waals surface area (Å²) in [6, 6.07) is 10.3. The molecule has 2 N–H and O–H groups in total. The normalized spacial score (nSPS) is 10.8. The van der Waals surface area contributed by atoms with Crippen molar-refractivity contribution in [2.24, 2.45) is 0 Å². The average Bonchev–Trinajstić information content (AvgIpc) is 2.68. The summed E-state index contributed by atoms with van der Waals surface area (Å²) in [7, 11) is 0. The van der Waals surface area contributed by atoms with Crippen LogP contribution in [0.3, 0.4) is 0 Å². The number of hydrogen-bond acceptors (Lipinski definition) is 3. The first-order chi connectivity index (χ1) is 8.69. The fourth-order valence-electron chi connectivity index (χ4n) is 2.04. The molecule has 96 valence electrons. The Hall–Kier alpha value is -1.16. The third-order valence-electron chi connectivity index (χ3n) is 2.96. The van der Waals surface area contributed by atoms with E-state index in [1.165, 1.54) is 20.9 Å². The zero-order valence-electron chi connectivity index (χ0n) is 10.9. The van der Waals surface area contributed by atoms with Crippen LogP contribution in [0, 0.1) is 13.8 Å². The Bertz CT molecular complexity index is 519. The number of aliphatic hydroxyl groups excluding tert-OH is 1. The maximum atomic E-state index is 9.09. The maximum absolute atomic E-state index is 9.09. The summed E-state index contributed by atoms with van der Waals surface area (Å²) in [5.41, 5.74) is 3.57. The molecule has 0 radical (unpaired) electrons. The van der Waals surface area contributed by atoms with Gasteiger partial charge in [0.15, 0.2) is 0 Å². The van der Waals surface area contributed by atoms with E-state index in [4.69, 9.17) is 5.11 Å². The van der Waals surface area contributed by atoms with E-state index in [0.29, 0.717) is 0 Å². The van der Waals surface area contributed by atoms with E-state index in [1.54, 1.807) is 0 Å². The smallest absolute Gasteiger partial charge is 0.0681 e. The van der Waals surface area contributed by atoms with Gasteiger partial charge in [0, 0.05) is 22.8 Å². The zero-order chi connectivity index (χ0) is 13.0. The van der Waals surface area contributed by atoms with Gasteiger partial charge < -0.3 is 10.4 Å². The molecule has 1 aromatic carbocycles. The van der Waals surface area contributed by atoms with Crippen LogP contribution in [0.1, 0.15) is 26.4 Å². The fraction of sp³-hybridized carbons (Fsp3) is 0.333. The molecule has 0 aliphatic heterocycles. The van der Waals surface area contributed by atoms with Gasteiger partial charge in [-0.2, -0.15) is 0 Å². The quantitative estimate of drug-likeness (QED) is 0.866. The summed E-state index contributed by atoms with van der Waals surface area (Å²) in [5, 5.41) is 12.5. The summed E-state index contributed by atoms with van der Waals surface area (Å²) in [6.45, 7) is 6.16. The molecule has 0 aliphatic rings. The van der Waals surface area contributed by atoms with Gasteiger partial charge in [-0.3, -0.25) is 0 Å². The van der Waals surface area contributed by atoms with Gasteiger partial charge >= 0.3 is 0 Å². The van der Waals surface area contributed by atoms with E-state index in [9.17, 15) is 0 Å². The van der Waals surface area contributed by atoms with Crippen LogP contribution >= 0.6 is 11.3 Å². The van der Waals surface area contributed by atoms with Crippen LogP contribution in [-0.4, -0.2) is 5.11 Å². The van der Waals surface area contributed by atoms with Crippen molar-refractivity contribution in [3.05, 3.63) is 56.8 Å². The molecule has 2 nitrogen and oxygen atoms in total. The number of nitrogens with one attached hydrogen (secondary N) is 1. The van der Waals surface area contributed by atoms with Crippen molar-refractivity contribution in [2.75, 3.05) is 0 Å². The van der Waals surface area contributed by atoms with Gasteiger partial charge in [-0.1, -0.05) is 24.3 Å². The lowest BCUT2D eigenvalue weighted by atomic mass is 10.1. The molecule has 0 saturated heterocycles. The Morgan fingerprint density at radius 3 is 2.56 bits per heavy atom. The second-order valence-electron chi connectivity index (χ2n) is 4.52. The minimum absolute atomic E-state index is 0.108. The van der Waals surface area contributed by atoms with Gasteiger partial charge in [-0.25, -0.2) is 0 Å². The molecular formula is C15H19NOS. The van der Waals surface area contributed by atoms with Crippen molar-refractivity contribution < 1.29 is 5.11 Å². The lowest BCUT2D eigenvalue weighted by molar-refractivity contribution is 0.281. The van der Waals surface area contributed by atoms with E-state index in [-0.39, 0.29) is 6.61 Å². The molecule has 0 spiro atoms. The predicted octanol–water partition coefficient (Wildman–Crippen LogP) is 3.15. The van der Waals surface area contributed by atoms with Crippen molar-refractivity contribution in [1.82, 2.24) is 5.32 Å².